The van der Waals surface area contributed by atoms with Gasteiger partial charge in [0.15, 0.2) is 0 Å². The topological polar surface area (TPSA) is 113 Å². The van der Waals surface area contributed by atoms with E-state index in [0.29, 0.717) is 17.0 Å². The SMILES string of the molecule is NC1(C2CCN(c3ccc4c(c3)C(=O)N(C3CCC(=O)NC3=O)C4=O)CC2)CC1. The van der Waals surface area contributed by atoms with Crippen molar-refractivity contribution in [2.24, 2.45) is 11.7 Å². The summed E-state index contributed by atoms with van der Waals surface area (Å²) in [6, 6.07) is 4.37. The van der Waals surface area contributed by atoms with Gasteiger partial charge in [0.1, 0.15) is 6.04 Å². The average molecular weight is 396 g/mol. The first-order valence-corrected chi connectivity index (χ1v) is 10.3. The lowest BCUT2D eigenvalue weighted by Crippen LogP contribution is -2.54. The highest BCUT2D eigenvalue weighted by Gasteiger charge is 2.47. The number of nitrogens with one attached hydrogen (secondary N) is 1. The van der Waals surface area contributed by atoms with Gasteiger partial charge in [-0.3, -0.25) is 29.4 Å². The van der Waals surface area contributed by atoms with Gasteiger partial charge in [0, 0.05) is 30.7 Å². The maximum absolute atomic E-state index is 13.0. The zero-order chi connectivity index (χ0) is 20.3. The van der Waals surface area contributed by atoms with Crippen molar-refractivity contribution in [1.29, 1.82) is 0 Å². The van der Waals surface area contributed by atoms with Crippen LogP contribution in [0.2, 0.25) is 0 Å². The van der Waals surface area contributed by atoms with Gasteiger partial charge in [-0.25, -0.2) is 0 Å². The Kier molecular flexibility index (Phi) is 4.03. The molecular weight excluding hydrogens is 372 g/mol. The minimum atomic E-state index is -0.932. The molecule has 3 fully saturated rings. The van der Waals surface area contributed by atoms with Crippen LogP contribution < -0.4 is 16.0 Å². The number of hydrogen-bond donors (Lipinski definition) is 2. The van der Waals surface area contributed by atoms with Crippen molar-refractivity contribution in [1.82, 2.24) is 10.2 Å². The van der Waals surface area contributed by atoms with Crippen LogP contribution in [0.3, 0.4) is 0 Å². The Hall–Kier alpha value is -2.74. The quantitative estimate of drug-likeness (QED) is 0.731. The van der Waals surface area contributed by atoms with Gasteiger partial charge in [0.05, 0.1) is 11.1 Å². The fourth-order valence-corrected chi connectivity index (χ4v) is 4.92. The Morgan fingerprint density at radius 1 is 0.966 bits per heavy atom. The molecular formula is C21H24N4O4. The van der Waals surface area contributed by atoms with Gasteiger partial charge in [-0.1, -0.05) is 0 Å². The van der Waals surface area contributed by atoms with Crippen molar-refractivity contribution in [2.45, 2.75) is 50.1 Å². The molecule has 29 heavy (non-hydrogen) atoms. The Balaban J connectivity index is 1.35. The monoisotopic (exact) mass is 396 g/mol. The molecule has 4 aliphatic rings. The van der Waals surface area contributed by atoms with Crippen LogP contribution in [-0.4, -0.2) is 53.2 Å². The number of carbonyl (C=O) groups is 4. The second kappa shape index (κ2) is 6.38. The highest BCUT2D eigenvalue weighted by atomic mass is 16.2. The van der Waals surface area contributed by atoms with Crippen molar-refractivity contribution in [3.8, 4) is 0 Å². The Labute approximate surface area is 168 Å². The molecule has 1 atom stereocenters. The molecule has 0 spiro atoms. The molecule has 3 heterocycles. The summed E-state index contributed by atoms with van der Waals surface area (Å²) in [7, 11) is 0. The lowest BCUT2D eigenvalue weighted by atomic mass is 9.87. The summed E-state index contributed by atoms with van der Waals surface area (Å²) in [5.41, 5.74) is 7.95. The van der Waals surface area contributed by atoms with E-state index in [9.17, 15) is 19.2 Å². The van der Waals surface area contributed by atoms with Gasteiger partial charge < -0.3 is 10.6 Å². The Bertz CT molecular complexity index is 931. The van der Waals surface area contributed by atoms with Crippen molar-refractivity contribution < 1.29 is 19.2 Å². The van der Waals surface area contributed by atoms with Gasteiger partial charge >= 0.3 is 0 Å². The zero-order valence-corrected chi connectivity index (χ0v) is 16.1. The van der Waals surface area contributed by atoms with Crippen LogP contribution in [0, 0.1) is 5.92 Å². The fraction of sp³-hybridized carbons (Fsp3) is 0.524. The van der Waals surface area contributed by atoms with Crippen LogP contribution in [0.1, 0.15) is 59.2 Å². The van der Waals surface area contributed by atoms with Crippen LogP contribution in [0.25, 0.3) is 0 Å². The summed E-state index contributed by atoms with van der Waals surface area (Å²) >= 11 is 0. The molecule has 0 bridgehead atoms. The Morgan fingerprint density at radius 3 is 2.31 bits per heavy atom. The standard InChI is InChI=1S/C21H24N4O4/c22-21(7-8-21)12-5-9-24(10-6-12)13-1-2-14-15(11-13)20(29)25(19(14)28)16-3-4-17(26)23-18(16)27/h1-2,11-12,16H,3-10,22H2,(H,23,26,27). The third-order valence-corrected chi connectivity index (χ3v) is 6.92. The summed E-state index contributed by atoms with van der Waals surface area (Å²) in [5, 5.41) is 2.22. The lowest BCUT2D eigenvalue weighted by molar-refractivity contribution is -0.136. The normalized spacial score (nSPS) is 26.6. The Morgan fingerprint density at radius 2 is 1.66 bits per heavy atom. The lowest BCUT2D eigenvalue weighted by Gasteiger charge is -2.36. The average Bonchev–Trinajstić information content (AvgIpc) is 3.42. The molecule has 1 aromatic rings. The number of amides is 4. The largest absolute Gasteiger partial charge is 0.371 e. The number of hydrogen-bond acceptors (Lipinski definition) is 6. The van der Waals surface area contributed by atoms with Crippen molar-refractivity contribution in [2.75, 3.05) is 18.0 Å². The van der Waals surface area contributed by atoms with E-state index in [0.717, 1.165) is 49.4 Å². The van der Waals surface area contributed by atoms with Crippen LogP contribution in [-0.2, 0) is 9.59 Å². The second-order valence-electron chi connectivity index (χ2n) is 8.67. The summed E-state index contributed by atoms with van der Waals surface area (Å²) in [5.74, 6) is -1.34. The molecule has 1 saturated carbocycles. The molecule has 3 N–H and O–H groups in total. The highest BCUT2D eigenvalue weighted by Crippen LogP contribution is 2.44. The molecule has 4 amide bonds. The number of imide groups is 2. The third-order valence-electron chi connectivity index (χ3n) is 6.92. The van der Waals surface area contributed by atoms with Gasteiger partial charge in [-0.15, -0.1) is 0 Å². The van der Waals surface area contributed by atoms with Gasteiger partial charge in [0.2, 0.25) is 11.8 Å². The minimum Gasteiger partial charge on any atom is -0.371 e. The number of benzene rings is 1. The zero-order valence-electron chi connectivity index (χ0n) is 16.1. The van der Waals surface area contributed by atoms with Crippen LogP contribution in [0.5, 0.6) is 0 Å². The summed E-state index contributed by atoms with van der Waals surface area (Å²) in [6.45, 7) is 1.75. The second-order valence-corrected chi connectivity index (χ2v) is 8.67. The first kappa shape index (κ1) is 18.3. The number of rotatable bonds is 3. The van der Waals surface area contributed by atoms with Gasteiger partial charge in [-0.2, -0.15) is 0 Å². The molecule has 1 aromatic carbocycles. The van der Waals surface area contributed by atoms with Crippen molar-refractivity contribution >= 4 is 29.3 Å². The minimum absolute atomic E-state index is 0.0366. The van der Waals surface area contributed by atoms with Gasteiger partial charge in [-0.05, 0) is 56.2 Å². The van der Waals surface area contributed by atoms with E-state index in [1.807, 2.05) is 6.07 Å². The molecule has 8 nitrogen and oxygen atoms in total. The number of nitrogens with two attached hydrogens (primary N) is 1. The number of anilines is 1. The maximum Gasteiger partial charge on any atom is 0.262 e. The van der Waals surface area contributed by atoms with E-state index in [2.05, 4.69) is 10.2 Å². The predicted molar refractivity (Wildman–Crippen MR) is 104 cm³/mol. The van der Waals surface area contributed by atoms with E-state index >= 15 is 0 Å². The number of nitrogens with zero attached hydrogens (tertiary/aromatic N) is 2. The maximum atomic E-state index is 13.0. The summed E-state index contributed by atoms with van der Waals surface area (Å²) in [6.07, 6.45) is 4.57. The first-order valence-electron chi connectivity index (χ1n) is 10.3. The van der Waals surface area contributed by atoms with E-state index < -0.39 is 23.8 Å². The third kappa shape index (κ3) is 2.93. The molecule has 3 aliphatic heterocycles. The highest BCUT2D eigenvalue weighted by molar-refractivity contribution is 6.23. The van der Waals surface area contributed by atoms with Crippen LogP contribution in [0.4, 0.5) is 5.69 Å². The van der Waals surface area contributed by atoms with Gasteiger partial charge in [0.25, 0.3) is 11.8 Å². The van der Waals surface area contributed by atoms with E-state index in [1.165, 1.54) is 0 Å². The molecule has 2 saturated heterocycles. The van der Waals surface area contributed by atoms with E-state index in [-0.39, 0.29) is 24.3 Å². The first-order chi connectivity index (χ1) is 13.9. The van der Waals surface area contributed by atoms with E-state index in [4.69, 9.17) is 5.73 Å². The fourth-order valence-electron chi connectivity index (χ4n) is 4.92. The number of fused-ring (bicyclic) bond motifs is 1. The van der Waals surface area contributed by atoms with Crippen LogP contribution in [0.15, 0.2) is 18.2 Å². The van der Waals surface area contributed by atoms with Crippen LogP contribution >= 0.6 is 0 Å². The smallest absolute Gasteiger partial charge is 0.262 e. The molecule has 5 rings (SSSR count). The molecule has 1 aliphatic carbocycles. The molecule has 8 heteroatoms. The molecule has 152 valence electrons. The predicted octanol–water partition coefficient (Wildman–Crippen LogP) is 0.795. The number of carbonyl (C=O) groups excluding carboxylic acids is 4. The van der Waals surface area contributed by atoms with Crippen molar-refractivity contribution in [3.05, 3.63) is 29.3 Å². The summed E-state index contributed by atoms with van der Waals surface area (Å²) in [4.78, 5) is 52.6. The molecule has 0 radical (unpaired) electrons. The van der Waals surface area contributed by atoms with E-state index in [1.54, 1.807) is 12.1 Å². The molecule has 1 unspecified atom stereocenters. The summed E-state index contributed by atoms with van der Waals surface area (Å²) < 4.78 is 0. The molecule has 0 aromatic heterocycles. The van der Waals surface area contributed by atoms with Crippen molar-refractivity contribution in [3.63, 3.8) is 0 Å². The number of piperidine rings is 2.